The van der Waals surface area contributed by atoms with E-state index in [0.29, 0.717) is 30.5 Å². The summed E-state index contributed by atoms with van der Waals surface area (Å²) in [5.41, 5.74) is -0.670. The lowest BCUT2D eigenvalue weighted by molar-refractivity contribution is -0.396. The van der Waals surface area contributed by atoms with Crippen LogP contribution < -0.4 is 4.83 Å². The Kier molecular flexibility index (Phi) is 6.37. The number of hydrogen-bond acceptors (Lipinski definition) is 7. The first kappa shape index (κ1) is 21.7. The van der Waals surface area contributed by atoms with Crippen LogP contribution in [-0.2, 0) is 10.0 Å². The fourth-order valence-corrected chi connectivity index (χ4v) is 4.22. The summed E-state index contributed by atoms with van der Waals surface area (Å²) < 4.78 is 25.1. The number of rotatable bonds is 5. The topological polar surface area (TPSA) is 145 Å². The van der Waals surface area contributed by atoms with Crippen molar-refractivity contribution < 1.29 is 18.3 Å². The van der Waals surface area contributed by atoms with Crippen LogP contribution >= 0.6 is 0 Å². The Morgan fingerprint density at radius 1 is 1.14 bits per heavy atom. The van der Waals surface area contributed by atoms with E-state index in [1.165, 1.54) is 0 Å². The normalized spacial score (nSPS) is 19.8. The standard InChI is InChI=1S/C17H24N4O6S/c1-17(2,3)12-6-4-5-7-13(10-12)18-19-28(26,27)16-9-8-14(20(22)23)11-15(16)21(24)25/h8-9,11-12,19H,4-7,10H2,1-3H3/b18-13+. The lowest BCUT2D eigenvalue weighted by atomic mass is 9.76. The summed E-state index contributed by atoms with van der Waals surface area (Å²) in [7, 11) is -4.34. The molecule has 1 N–H and O–H groups in total. The molecular formula is C17H24N4O6S. The maximum absolute atomic E-state index is 12.6. The summed E-state index contributed by atoms with van der Waals surface area (Å²) in [6.07, 6.45) is 4.25. The molecule has 0 bridgehead atoms. The number of hydrogen-bond donors (Lipinski definition) is 1. The number of non-ortho nitro benzene ring substituents is 1. The molecule has 11 heteroatoms. The average molecular weight is 412 g/mol. The molecule has 1 unspecified atom stereocenters. The highest BCUT2D eigenvalue weighted by Gasteiger charge is 2.30. The maximum atomic E-state index is 12.6. The Balaban J connectivity index is 2.31. The number of nitrogens with zero attached hydrogens (tertiary/aromatic N) is 3. The van der Waals surface area contributed by atoms with Crippen LogP contribution in [0, 0.1) is 31.6 Å². The average Bonchev–Trinajstić information content (AvgIpc) is 2.85. The Labute approximate surface area is 163 Å². The third kappa shape index (κ3) is 5.24. The van der Waals surface area contributed by atoms with Crippen LogP contribution in [0.2, 0.25) is 0 Å². The molecule has 0 spiro atoms. The van der Waals surface area contributed by atoms with Gasteiger partial charge in [-0.2, -0.15) is 18.4 Å². The van der Waals surface area contributed by atoms with Gasteiger partial charge >= 0.3 is 0 Å². The first-order valence-corrected chi connectivity index (χ1v) is 10.4. The largest absolute Gasteiger partial charge is 0.296 e. The highest BCUT2D eigenvalue weighted by Crippen LogP contribution is 2.36. The Bertz CT molecular complexity index is 905. The molecule has 0 amide bonds. The van der Waals surface area contributed by atoms with Crippen molar-refractivity contribution in [3.05, 3.63) is 38.4 Å². The number of hydrazone groups is 1. The fraction of sp³-hybridized carbons (Fsp3) is 0.588. The van der Waals surface area contributed by atoms with Gasteiger partial charge in [-0.05, 0) is 43.1 Å². The van der Waals surface area contributed by atoms with E-state index in [-0.39, 0.29) is 5.41 Å². The lowest BCUT2D eigenvalue weighted by Crippen LogP contribution is -2.25. The van der Waals surface area contributed by atoms with Gasteiger partial charge in [-0.15, -0.1) is 0 Å². The van der Waals surface area contributed by atoms with E-state index in [2.05, 4.69) is 30.7 Å². The van der Waals surface area contributed by atoms with Crippen molar-refractivity contribution in [2.24, 2.45) is 16.4 Å². The Morgan fingerprint density at radius 2 is 1.82 bits per heavy atom. The highest BCUT2D eigenvalue weighted by molar-refractivity contribution is 7.89. The van der Waals surface area contributed by atoms with E-state index < -0.39 is 36.1 Å². The monoisotopic (exact) mass is 412 g/mol. The van der Waals surface area contributed by atoms with Gasteiger partial charge in [0.25, 0.3) is 21.4 Å². The van der Waals surface area contributed by atoms with Gasteiger partial charge in [0.15, 0.2) is 4.90 Å². The zero-order valence-corrected chi connectivity index (χ0v) is 16.9. The molecule has 0 radical (unpaired) electrons. The van der Waals surface area contributed by atoms with E-state index in [4.69, 9.17) is 0 Å². The van der Waals surface area contributed by atoms with Crippen molar-refractivity contribution in [3.63, 3.8) is 0 Å². The zero-order chi connectivity index (χ0) is 21.1. The molecule has 1 aliphatic rings. The molecule has 0 aromatic heterocycles. The van der Waals surface area contributed by atoms with Crippen molar-refractivity contribution >= 4 is 27.1 Å². The van der Waals surface area contributed by atoms with Crippen molar-refractivity contribution in [2.45, 2.75) is 57.8 Å². The van der Waals surface area contributed by atoms with Crippen LogP contribution in [0.4, 0.5) is 11.4 Å². The summed E-state index contributed by atoms with van der Waals surface area (Å²) in [6.45, 7) is 6.39. The molecule has 1 saturated carbocycles. The third-order valence-corrected chi connectivity index (χ3v) is 6.19. The van der Waals surface area contributed by atoms with Gasteiger partial charge in [-0.25, -0.2) is 0 Å². The minimum absolute atomic E-state index is 0.0567. The number of nitro benzene ring substituents is 2. The molecule has 1 atom stereocenters. The molecule has 1 aliphatic carbocycles. The van der Waals surface area contributed by atoms with Crippen molar-refractivity contribution in [1.29, 1.82) is 0 Å². The highest BCUT2D eigenvalue weighted by atomic mass is 32.2. The summed E-state index contributed by atoms with van der Waals surface area (Å²) >= 11 is 0. The number of nitrogens with one attached hydrogen (secondary N) is 1. The minimum atomic E-state index is -4.34. The van der Waals surface area contributed by atoms with Crippen LogP contribution in [-0.4, -0.2) is 24.0 Å². The van der Waals surface area contributed by atoms with E-state index in [1.54, 1.807) is 0 Å². The van der Waals surface area contributed by atoms with Gasteiger partial charge in [0.2, 0.25) is 0 Å². The van der Waals surface area contributed by atoms with E-state index >= 15 is 0 Å². The minimum Gasteiger partial charge on any atom is -0.258 e. The van der Waals surface area contributed by atoms with Crippen LogP contribution in [0.1, 0.15) is 52.9 Å². The number of nitro groups is 2. The molecule has 1 aromatic carbocycles. The fourth-order valence-electron chi connectivity index (χ4n) is 3.21. The molecule has 1 fully saturated rings. The molecule has 154 valence electrons. The first-order chi connectivity index (χ1) is 12.9. The van der Waals surface area contributed by atoms with Gasteiger partial charge in [0.05, 0.1) is 15.9 Å². The van der Waals surface area contributed by atoms with Gasteiger partial charge < -0.3 is 0 Å². The molecule has 0 saturated heterocycles. The molecular weight excluding hydrogens is 388 g/mol. The summed E-state index contributed by atoms with van der Waals surface area (Å²) in [5, 5.41) is 26.0. The summed E-state index contributed by atoms with van der Waals surface area (Å²) in [4.78, 5) is 21.6. The van der Waals surface area contributed by atoms with Crippen LogP contribution in [0.3, 0.4) is 0 Å². The van der Waals surface area contributed by atoms with Crippen molar-refractivity contribution in [3.8, 4) is 0 Å². The smallest absolute Gasteiger partial charge is 0.258 e. The van der Waals surface area contributed by atoms with Gasteiger partial charge in [0.1, 0.15) is 0 Å². The zero-order valence-electron chi connectivity index (χ0n) is 16.0. The molecule has 10 nitrogen and oxygen atoms in total. The predicted octanol–water partition coefficient (Wildman–Crippen LogP) is 3.76. The van der Waals surface area contributed by atoms with E-state index in [1.807, 2.05) is 0 Å². The summed E-state index contributed by atoms with van der Waals surface area (Å²) in [6, 6.07) is 2.39. The second-order valence-corrected chi connectivity index (χ2v) is 9.58. The van der Waals surface area contributed by atoms with E-state index in [9.17, 15) is 28.6 Å². The van der Waals surface area contributed by atoms with Crippen molar-refractivity contribution in [1.82, 2.24) is 4.83 Å². The molecule has 0 heterocycles. The third-order valence-electron chi connectivity index (χ3n) is 4.94. The molecule has 2 rings (SSSR count). The van der Waals surface area contributed by atoms with Crippen LogP contribution in [0.25, 0.3) is 0 Å². The summed E-state index contributed by atoms with van der Waals surface area (Å²) in [5.74, 6) is 0.354. The molecule has 28 heavy (non-hydrogen) atoms. The second-order valence-electron chi connectivity index (χ2n) is 7.95. The van der Waals surface area contributed by atoms with Crippen LogP contribution in [0.15, 0.2) is 28.2 Å². The maximum Gasteiger partial charge on any atom is 0.296 e. The lowest BCUT2D eigenvalue weighted by Gasteiger charge is -2.29. The predicted molar refractivity (Wildman–Crippen MR) is 104 cm³/mol. The van der Waals surface area contributed by atoms with E-state index in [0.717, 1.165) is 31.4 Å². The Morgan fingerprint density at radius 3 is 2.39 bits per heavy atom. The van der Waals surface area contributed by atoms with Gasteiger partial charge in [-0.1, -0.05) is 27.2 Å². The van der Waals surface area contributed by atoms with Crippen LogP contribution in [0.5, 0.6) is 0 Å². The van der Waals surface area contributed by atoms with Gasteiger partial charge in [0, 0.05) is 11.8 Å². The second kappa shape index (κ2) is 8.21. The quantitative estimate of drug-likeness (QED) is 0.443. The van der Waals surface area contributed by atoms with Crippen molar-refractivity contribution in [2.75, 3.05) is 0 Å². The van der Waals surface area contributed by atoms with Gasteiger partial charge in [-0.3, -0.25) is 20.2 Å². The molecule has 1 aromatic rings. The first-order valence-electron chi connectivity index (χ1n) is 8.92. The SMILES string of the molecule is CC(C)(C)C1CCCC/C(=N\NS(=O)(=O)c2ccc([N+](=O)[O-])cc2[N+](=O)[O-])C1. The Hall–Kier alpha value is -2.56. The number of sulfonamides is 1. The molecule has 0 aliphatic heterocycles. The number of benzene rings is 1.